The molecule has 0 atom stereocenters. The number of aryl methyl sites for hydroxylation is 2. The summed E-state index contributed by atoms with van der Waals surface area (Å²) in [4.78, 5) is 9.86. The molecule has 0 amide bonds. The van der Waals surface area contributed by atoms with Crippen LogP contribution in [0.3, 0.4) is 0 Å². The molecule has 272 valence electrons. The molecule has 0 fully saturated rings. The molecule has 0 saturated carbocycles. The molecule has 2 aromatic heterocycles. The van der Waals surface area contributed by atoms with Crippen LogP contribution < -0.4 is 9.80 Å². The molecule has 0 aliphatic carbocycles. The number of rotatable bonds is 6. The van der Waals surface area contributed by atoms with Crippen LogP contribution in [0.5, 0.6) is 0 Å². The molecule has 1 aliphatic rings. The fourth-order valence-corrected chi connectivity index (χ4v) is 8.59. The second-order valence-electron chi connectivity index (χ2n) is 16.7. The number of para-hydroxylation sites is 4. The lowest BCUT2D eigenvalue weighted by Crippen LogP contribution is -2.25. The lowest BCUT2D eigenvalue weighted by Gasteiger charge is -2.30. The number of pyridine rings is 1. The molecule has 3 heterocycles. The first-order valence-corrected chi connectivity index (χ1v) is 19.4. The normalized spacial score (nSPS) is 13.2. The lowest BCUT2D eigenvalue weighted by atomic mass is 9.76. The van der Waals surface area contributed by atoms with Gasteiger partial charge in [-0.25, -0.2) is 4.98 Å². The third kappa shape index (κ3) is 5.88. The Kier molecular flexibility index (Phi) is 8.20. The predicted molar refractivity (Wildman–Crippen MR) is 233 cm³/mol. The van der Waals surface area contributed by atoms with E-state index in [1.807, 2.05) is 6.20 Å². The number of nitrogens with zero attached hydrogens (tertiary/aromatic N) is 4. The monoisotopic (exact) mass is 716 g/mol. The first kappa shape index (κ1) is 34.6. The average molecular weight is 717 g/mol. The van der Waals surface area contributed by atoms with E-state index in [-0.39, 0.29) is 10.8 Å². The van der Waals surface area contributed by atoms with Gasteiger partial charge in [0.05, 0.1) is 22.4 Å². The maximum atomic E-state index is 4.96. The van der Waals surface area contributed by atoms with Crippen molar-refractivity contribution in [2.75, 3.05) is 16.5 Å². The van der Waals surface area contributed by atoms with Crippen molar-refractivity contribution in [2.45, 2.75) is 59.3 Å². The molecule has 0 unspecified atom stereocenters. The number of hydrogen-bond donors (Lipinski definition) is 0. The fourth-order valence-electron chi connectivity index (χ4n) is 8.59. The Morgan fingerprint density at radius 1 is 0.509 bits per heavy atom. The summed E-state index contributed by atoms with van der Waals surface area (Å²) < 4.78 is 2.36. The second-order valence-corrected chi connectivity index (χ2v) is 16.7. The molecular formula is C51H48N4. The molecule has 8 aromatic rings. The largest absolute Gasteiger partial charge is 0.321 e. The summed E-state index contributed by atoms with van der Waals surface area (Å²) in [7, 11) is 0. The van der Waals surface area contributed by atoms with E-state index in [9.17, 15) is 0 Å². The van der Waals surface area contributed by atoms with Crippen molar-refractivity contribution in [3.8, 4) is 16.9 Å². The molecule has 4 nitrogen and oxygen atoms in total. The summed E-state index contributed by atoms with van der Waals surface area (Å²) in [5, 5.41) is 2.47. The highest BCUT2D eigenvalue weighted by molar-refractivity contribution is 6.09. The molecule has 55 heavy (non-hydrogen) atoms. The van der Waals surface area contributed by atoms with E-state index in [0.29, 0.717) is 0 Å². The van der Waals surface area contributed by atoms with Gasteiger partial charge < -0.3 is 9.80 Å². The maximum Gasteiger partial charge on any atom is 0.137 e. The molecule has 9 rings (SSSR count). The van der Waals surface area contributed by atoms with E-state index in [4.69, 9.17) is 4.98 Å². The van der Waals surface area contributed by atoms with Crippen molar-refractivity contribution < 1.29 is 0 Å². The Morgan fingerprint density at radius 2 is 1.16 bits per heavy atom. The molecule has 0 radical (unpaired) electrons. The number of benzene rings is 6. The number of fused-ring (bicyclic) bond motifs is 4. The van der Waals surface area contributed by atoms with Crippen LogP contribution in [0.25, 0.3) is 38.8 Å². The van der Waals surface area contributed by atoms with Gasteiger partial charge in [-0.1, -0.05) is 120 Å². The summed E-state index contributed by atoms with van der Waals surface area (Å²) in [6, 6.07) is 53.6. The zero-order chi connectivity index (χ0) is 38.1. The van der Waals surface area contributed by atoms with Crippen LogP contribution in [0.15, 0.2) is 152 Å². The SMILES string of the molecule is Cc1cccc(C)c1-c1cc(N2CN(c3ccccc3)c3ccccc32)cc(C(C)(C)c2ccc3c4ccccc4n(-c4cc(C(C)(C)C)ccn4)c3c2)c1. The lowest BCUT2D eigenvalue weighted by molar-refractivity contribution is 0.588. The van der Waals surface area contributed by atoms with Gasteiger partial charge in [0.15, 0.2) is 0 Å². The maximum absolute atomic E-state index is 4.96. The third-order valence-corrected chi connectivity index (χ3v) is 11.8. The fraction of sp³-hybridized carbons (Fsp3) is 0.196. The summed E-state index contributed by atoms with van der Waals surface area (Å²) >= 11 is 0. The minimum absolute atomic E-state index is 0.00969. The van der Waals surface area contributed by atoms with Gasteiger partial charge in [0, 0.05) is 33.8 Å². The highest BCUT2D eigenvalue weighted by Crippen LogP contribution is 2.47. The van der Waals surface area contributed by atoms with Gasteiger partial charge in [0.25, 0.3) is 0 Å². The molecule has 1 aliphatic heterocycles. The Bertz CT molecular complexity index is 2710. The van der Waals surface area contributed by atoms with Crippen LogP contribution in [0.4, 0.5) is 22.7 Å². The van der Waals surface area contributed by atoms with Crippen molar-refractivity contribution in [1.82, 2.24) is 9.55 Å². The first-order valence-electron chi connectivity index (χ1n) is 19.4. The predicted octanol–water partition coefficient (Wildman–Crippen LogP) is 13.3. The van der Waals surface area contributed by atoms with Gasteiger partial charge in [-0.05, 0) is 119 Å². The van der Waals surface area contributed by atoms with E-state index >= 15 is 0 Å². The number of anilines is 4. The molecule has 4 heteroatoms. The Hall–Kier alpha value is -6.13. The molecule has 0 spiro atoms. The van der Waals surface area contributed by atoms with Gasteiger partial charge in [0.1, 0.15) is 12.5 Å². The number of hydrogen-bond acceptors (Lipinski definition) is 3. The quantitative estimate of drug-likeness (QED) is 0.171. The third-order valence-electron chi connectivity index (χ3n) is 11.8. The number of aromatic nitrogens is 2. The van der Waals surface area contributed by atoms with Crippen molar-refractivity contribution >= 4 is 44.6 Å². The average Bonchev–Trinajstić information content (AvgIpc) is 3.74. The van der Waals surface area contributed by atoms with E-state index in [1.54, 1.807) is 0 Å². The van der Waals surface area contributed by atoms with E-state index in [1.165, 1.54) is 83.5 Å². The van der Waals surface area contributed by atoms with Crippen molar-refractivity contribution in [2.24, 2.45) is 0 Å². The summed E-state index contributed by atoms with van der Waals surface area (Å²) in [6.07, 6.45) is 1.96. The van der Waals surface area contributed by atoms with E-state index in [2.05, 4.69) is 208 Å². The van der Waals surface area contributed by atoms with Crippen molar-refractivity contribution in [3.63, 3.8) is 0 Å². The van der Waals surface area contributed by atoms with E-state index in [0.717, 1.165) is 12.5 Å². The molecule has 0 N–H and O–H groups in total. The summed E-state index contributed by atoms with van der Waals surface area (Å²) in [6.45, 7) is 16.7. The molecule has 0 bridgehead atoms. The first-order chi connectivity index (χ1) is 26.5. The highest BCUT2D eigenvalue weighted by atomic mass is 15.4. The van der Waals surface area contributed by atoms with Crippen LogP contribution in [0.2, 0.25) is 0 Å². The van der Waals surface area contributed by atoms with Crippen molar-refractivity contribution in [1.29, 1.82) is 0 Å². The van der Waals surface area contributed by atoms with Crippen LogP contribution >= 0.6 is 0 Å². The van der Waals surface area contributed by atoms with Crippen LogP contribution in [-0.2, 0) is 10.8 Å². The van der Waals surface area contributed by atoms with Gasteiger partial charge in [-0.3, -0.25) is 4.57 Å². The van der Waals surface area contributed by atoms with Gasteiger partial charge in [-0.15, -0.1) is 0 Å². The molecule has 0 saturated heterocycles. The van der Waals surface area contributed by atoms with Crippen LogP contribution in [0.1, 0.15) is 62.4 Å². The second kappa shape index (κ2) is 13.0. The van der Waals surface area contributed by atoms with Crippen LogP contribution in [-0.4, -0.2) is 16.2 Å². The van der Waals surface area contributed by atoms with Gasteiger partial charge in [-0.2, -0.15) is 0 Å². The molecular weight excluding hydrogens is 669 g/mol. The minimum atomic E-state index is -0.337. The zero-order valence-corrected chi connectivity index (χ0v) is 32.9. The smallest absolute Gasteiger partial charge is 0.137 e. The summed E-state index contributed by atoms with van der Waals surface area (Å²) in [5.41, 5.74) is 15.7. The topological polar surface area (TPSA) is 24.3 Å². The minimum Gasteiger partial charge on any atom is -0.321 e. The Balaban J connectivity index is 1.23. The Labute approximate surface area is 325 Å². The van der Waals surface area contributed by atoms with Gasteiger partial charge in [0.2, 0.25) is 0 Å². The standard InChI is InChI=1S/C51H48N4/c1-34-16-15-17-35(2)49(34)36-28-39(30-41(29-36)54-33-53(40-18-9-8-10-19-40)45-22-13-14-23-46(45)54)51(6,7)38-24-25-43-42-20-11-12-21-44(42)55(47(43)31-38)48-32-37(26-27-52-48)50(3,4)5/h8-32H,33H2,1-7H3. The zero-order valence-electron chi connectivity index (χ0n) is 32.9. The Morgan fingerprint density at radius 3 is 1.89 bits per heavy atom. The van der Waals surface area contributed by atoms with Crippen LogP contribution in [0, 0.1) is 13.8 Å². The van der Waals surface area contributed by atoms with Crippen molar-refractivity contribution in [3.05, 3.63) is 180 Å². The highest BCUT2D eigenvalue weighted by Gasteiger charge is 2.31. The van der Waals surface area contributed by atoms with Gasteiger partial charge >= 0.3 is 0 Å². The summed E-state index contributed by atoms with van der Waals surface area (Å²) in [5.74, 6) is 0.948. The van der Waals surface area contributed by atoms with E-state index < -0.39 is 0 Å². The molecule has 6 aromatic carbocycles.